The number of nitrogens with one attached hydrogen (secondary N) is 2. The highest BCUT2D eigenvalue weighted by molar-refractivity contribution is 8.22. The Kier molecular flexibility index (Phi) is 6.03. The fraction of sp³-hybridized carbons (Fsp3) is 0.176. The molecular formula is C17H13N3O7S2. The summed E-state index contributed by atoms with van der Waals surface area (Å²) >= 11 is 1.02. The normalized spacial score (nSPS) is 18.9. The van der Waals surface area contributed by atoms with Gasteiger partial charge in [-0.3, -0.25) is 34.2 Å². The summed E-state index contributed by atoms with van der Waals surface area (Å²) in [4.78, 5) is 71.6. The number of amides is 5. The molecule has 1 aromatic carbocycles. The van der Waals surface area contributed by atoms with Crippen molar-refractivity contribution < 1.29 is 33.5 Å². The monoisotopic (exact) mass is 435 g/mol. The molecule has 2 aliphatic heterocycles. The number of ether oxygens (including phenoxy) is 1. The molecule has 2 saturated heterocycles. The predicted molar refractivity (Wildman–Crippen MR) is 104 cm³/mol. The third-order valence-electron chi connectivity index (χ3n) is 3.65. The van der Waals surface area contributed by atoms with Crippen molar-refractivity contribution in [3.8, 4) is 0 Å². The van der Waals surface area contributed by atoms with Gasteiger partial charge in [0.15, 0.2) is 0 Å². The van der Waals surface area contributed by atoms with Crippen molar-refractivity contribution in [2.45, 2.75) is 6.92 Å². The number of esters is 1. The van der Waals surface area contributed by atoms with Crippen LogP contribution in [-0.2, 0) is 19.1 Å². The van der Waals surface area contributed by atoms with Crippen molar-refractivity contribution in [1.82, 2.24) is 10.2 Å². The molecule has 12 heteroatoms. The first kappa shape index (κ1) is 20.6. The molecule has 0 radical (unpaired) electrons. The number of rotatable bonds is 5. The van der Waals surface area contributed by atoms with Gasteiger partial charge in [-0.05, 0) is 54.7 Å². The molecule has 2 heterocycles. The van der Waals surface area contributed by atoms with Crippen LogP contribution in [0.3, 0.4) is 0 Å². The Labute approximate surface area is 172 Å². The zero-order valence-corrected chi connectivity index (χ0v) is 16.5. The van der Waals surface area contributed by atoms with Gasteiger partial charge < -0.3 is 10.1 Å². The lowest BCUT2D eigenvalue weighted by atomic mass is 10.2. The molecule has 3 rings (SSSR count). The van der Waals surface area contributed by atoms with E-state index in [2.05, 4.69) is 5.32 Å². The minimum Gasteiger partial charge on any atom is -0.462 e. The van der Waals surface area contributed by atoms with Crippen LogP contribution in [0, 0.1) is 0 Å². The molecule has 150 valence electrons. The Morgan fingerprint density at radius 1 is 1.07 bits per heavy atom. The van der Waals surface area contributed by atoms with Crippen molar-refractivity contribution in [1.29, 1.82) is 0 Å². The van der Waals surface area contributed by atoms with Crippen molar-refractivity contribution in [3.05, 3.63) is 39.6 Å². The Balaban J connectivity index is 1.65. The molecule has 0 saturated carbocycles. The third-order valence-corrected chi connectivity index (χ3v) is 5.64. The molecule has 0 bridgehead atoms. The molecule has 2 N–H and O–H groups in total. The number of hydrogen-bond acceptors (Lipinski definition) is 9. The molecule has 0 spiro atoms. The lowest BCUT2D eigenvalue weighted by Crippen LogP contribution is -2.36. The van der Waals surface area contributed by atoms with Gasteiger partial charge in [0, 0.05) is 5.69 Å². The van der Waals surface area contributed by atoms with Crippen molar-refractivity contribution in [3.63, 3.8) is 0 Å². The number of anilines is 1. The van der Waals surface area contributed by atoms with E-state index in [4.69, 9.17) is 4.74 Å². The molecule has 2 aliphatic rings. The second-order valence-electron chi connectivity index (χ2n) is 5.61. The average molecular weight is 435 g/mol. The fourth-order valence-electron chi connectivity index (χ4n) is 2.38. The van der Waals surface area contributed by atoms with Crippen LogP contribution in [0.2, 0.25) is 0 Å². The van der Waals surface area contributed by atoms with Crippen molar-refractivity contribution in [2.75, 3.05) is 18.5 Å². The quantitative estimate of drug-likeness (QED) is 0.522. The van der Waals surface area contributed by atoms with E-state index in [9.17, 15) is 28.8 Å². The van der Waals surface area contributed by atoms with Crippen molar-refractivity contribution in [2.24, 2.45) is 0 Å². The predicted octanol–water partition coefficient (Wildman–Crippen LogP) is 1.69. The highest BCUT2D eigenvalue weighted by atomic mass is 32.2. The van der Waals surface area contributed by atoms with Crippen LogP contribution < -0.4 is 10.6 Å². The smallest absolute Gasteiger partial charge is 0.338 e. The fourth-order valence-corrected chi connectivity index (χ4v) is 4.10. The maximum atomic E-state index is 12.4. The van der Waals surface area contributed by atoms with Crippen LogP contribution in [-0.4, -0.2) is 52.2 Å². The van der Waals surface area contributed by atoms with Gasteiger partial charge in [0.2, 0.25) is 5.91 Å². The van der Waals surface area contributed by atoms with E-state index in [0.29, 0.717) is 39.7 Å². The standard InChI is InChI=1S/C17H13N3O7S2/c1-2-27-15(24)8-3-5-9(6-4-8)18-10(21)7-20-14(23)12(29-17(20)26)11-13(22)19-16(25)28-11/h3-6H,2,7H2,1H3,(H,18,21)(H,19,22,25)/b12-11+. The summed E-state index contributed by atoms with van der Waals surface area (Å²) in [6.07, 6.45) is 0. The molecule has 1 aromatic rings. The zero-order valence-electron chi connectivity index (χ0n) is 14.8. The average Bonchev–Trinajstić information content (AvgIpc) is 3.14. The summed E-state index contributed by atoms with van der Waals surface area (Å²) < 4.78 is 4.86. The summed E-state index contributed by atoms with van der Waals surface area (Å²) in [5.41, 5.74) is 0.661. The van der Waals surface area contributed by atoms with Gasteiger partial charge >= 0.3 is 5.97 Å². The van der Waals surface area contributed by atoms with Gasteiger partial charge in [-0.2, -0.15) is 0 Å². The molecule has 5 amide bonds. The van der Waals surface area contributed by atoms with Gasteiger partial charge in [-0.1, -0.05) is 0 Å². The number of imide groups is 2. The Morgan fingerprint density at radius 3 is 2.34 bits per heavy atom. The Morgan fingerprint density at radius 2 is 1.76 bits per heavy atom. The van der Waals surface area contributed by atoms with Gasteiger partial charge in [-0.15, -0.1) is 0 Å². The van der Waals surface area contributed by atoms with Gasteiger partial charge in [0.25, 0.3) is 22.3 Å². The zero-order chi connectivity index (χ0) is 21.1. The summed E-state index contributed by atoms with van der Waals surface area (Å²) in [6, 6.07) is 5.88. The van der Waals surface area contributed by atoms with Gasteiger partial charge in [-0.25, -0.2) is 4.79 Å². The molecule has 10 nitrogen and oxygen atoms in total. The van der Waals surface area contributed by atoms with Crippen LogP contribution in [0.4, 0.5) is 15.3 Å². The first-order chi connectivity index (χ1) is 13.8. The number of hydrogen-bond donors (Lipinski definition) is 2. The van der Waals surface area contributed by atoms with Crippen LogP contribution >= 0.6 is 23.5 Å². The number of carbonyl (C=O) groups excluding carboxylic acids is 6. The lowest BCUT2D eigenvalue weighted by Gasteiger charge is -2.12. The summed E-state index contributed by atoms with van der Waals surface area (Å²) in [7, 11) is 0. The SMILES string of the molecule is CCOC(=O)c1ccc(NC(=O)CN2C(=O)S/C(=C3/SC(=O)NC3=O)C2=O)cc1. The first-order valence-electron chi connectivity index (χ1n) is 8.18. The largest absolute Gasteiger partial charge is 0.462 e. The summed E-state index contributed by atoms with van der Waals surface area (Å²) in [5, 5.41) is 3.15. The second kappa shape index (κ2) is 8.49. The molecule has 2 fully saturated rings. The Bertz CT molecular complexity index is 972. The minimum absolute atomic E-state index is 0.157. The van der Waals surface area contributed by atoms with E-state index < -0.39 is 40.7 Å². The second-order valence-corrected chi connectivity index (χ2v) is 7.55. The van der Waals surface area contributed by atoms with E-state index >= 15 is 0 Å². The topological polar surface area (TPSA) is 139 Å². The molecule has 0 aromatic heterocycles. The molecule has 0 unspecified atom stereocenters. The summed E-state index contributed by atoms with van der Waals surface area (Å²) in [6.45, 7) is 1.35. The van der Waals surface area contributed by atoms with E-state index in [1.54, 1.807) is 6.92 Å². The number of carbonyl (C=O) groups is 6. The lowest BCUT2D eigenvalue weighted by molar-refractivity contribution is -0.127. The Hall–Kier alpha value is -3.12. The van der Waals surface area contributed by atoms with Crippen LogP contribution in [0.5, 0.6) is 0 Å². The maximum Gasteiger partial charge on any atom is 0.338 e. The number of nitrogens with zero attached hydrogens (tertiary/aromatic N) is 1. The maximum absolute atomic E-state index is 12.4. The molecule has 0 atom stereocenters. The molecular weight excluding hydrogens is 422 g/mol. The minimum atomic E-state index is -0.819. The van der Waals surface area contributed by atoms with Crippen molar-refractivity contribution >= 4 is 63.4 Å². The van der Waals surface area contributed by atoms with Crippen LogP contribution in [0.25, 0.3) is 0 Å². The highest BCUT2D eigenvalue weighted by Crippen LogP contribution is 2.38. The van der Waals surface area contributed by atoms with Crippen LogP contribution in [0.1, 0.15) is 17.3 Å². The highest BCUT2D eigenvalue weighted by Gasteiger charge is 2.42. The third kappa shape index (κ3) is 4.49. The van der Waals surface area contributed by atoms with E-state index in [1.807, 2.05) is 5.32 Å². The molecule has 0 aliphatic carbocycles. The van der Waals surface area contributed by atoms with E-state index in [0.717, 1.165) is 0 Å². The van der Waals surface area contributed by atoms with Crippen LogP contribution in [0.15, 0.2) is 34.1 Å². The van der Waals surface area contributed by atoms with Gasteiger partial charge in [0.1, 0.15) is 16.4 Å². The van der Waals surface area contributed by atoms with Gasteiger partial charge in [0.05, 0.1) is 12.2 Å². The first-order valence-corrected chi connectivity index (χ1v) is 9.81. The summed E-state index contributed by atoms with van der Waals surface area (Å²) in [5.74, 6) is -2.72. The number of benzene rings is 1. The number of thioether (sulfide) groups is 2. The molecule has 29 heavy (non-hydrogen) atoms. The van der Waals surface area contributed by atoms with E-state index in [1.165, 1.54) is 24.3 Å². The van der Waals surface area contributed by atoms with E-state index in [-0.39, 0.29) is 16.4 Å².